The van der Waals surface area contributed by atoms with Gasteiger partial charge in [-0.15, -0.1) is 11.3 Å². The number of hydrogen-bond acceptors (Lipinski definition) is 3. The average Bonchev–Trinajstić information content (AvgIpc) is 2.74. The van der Waals surface area contributed by atoms with Crippen molar-refractivity contribution < 1.29 is 4.79 Å². The van der Waals surface area contributed by atoms with Crippen LogP contribution in [0.3, 0.4) is 0 Å². The highest BCUT2D eigenvalue weighted by Crippen LogP contribution is 2.22. The topological polar surface area (TPSA) is 36.1 Å². The standard InChI is InChI=1S/C12H11ClN2OS2/c1-15(7-8-4-5-10(13)18-8)12(16)9-3-2-6-14-11(9)17/h2-6H,7H2,1H3,(H,14,17). The number of amides is 1. The van der Waals surface area contributed by atoms with E-state index in [1.807, 2.05) is 12.1 Å². The zero-order valence-electron chi connectivity index (χ0n) is 9.64. The van der Waals surface area contributed by atoms with Gasteiger partial charge >= 0.3 is 0 Å². The van der Waals surface area contributed by atoms with Gasteiger partial charge in [-0.2, -0.15) is 0 Å². The van der Waals surface area contributed by atoms with Crippen LogP contribution in [-0.4, -0.2) is 22.8 Å². The van der Waals surface area contributed by atoms with Crippen LogP contribution < -0.4 is 0 Å². The summed E-state index contributed by atoms with van der Waals surface area (Å²) in [5, 5.41) is 0. The Morgan fingerprint density at radius 1 is 1.50 bits per heavy atom. The maximum absolute atomic E-state index is 12.2. The highest BCUT2D eigenvalue weighted by atomic mass is 35.5. The van der Waals surface area contributed by atoms with Gasteiger partial charge in [0, 0.05) is 18.1 Å². The molecule has 2 aromatic rings. The molecule has 2 heterocycles. The number of rotatable bonds is 3. The third-order valence-corrected chi connectivity index (χ3v) is 3.97. The van der Waals surface area contributed by atoms with E-state index in [0.717, 1.165) is 9.21 Å². The van der Waals surface area contributed by atoms with E-state index in [1.165, 1.54) is 11.3 Å². The smallest absolute Gasteiger partial charge is 0.256 e. The summed E-state index contributed by atoms with van der Waals surface area (Å²) < 4.78 is 1.18. The highest BCUT2D eigenvalue weighted by molar-refractivity contribution is 7.71. The molecule has 0 aliphatic carbocycles. The lowest BCUT2D eigenvalue weighted by molar-refractivity contribution is 0.0785. The number of carbonyl (C=O) groups is 1. The van der Waals surface area contributed by atoms with Crippen LogP contribution in [0.15, 0.2) is 30.5 Å². The molecule has 3 nitrogen and oxygen atoms in total. The Kier molecular flexibility index (Phi) is 4.16. The van der Waals surface area contributed by atoms with Crippen molar-refractivity contribution in [1.82, 2.24) is 9.88 Å². The number of nitrogens with one attached hydrogen (secondary N) is 1. The number of thiophene rings is 1. The summed E-state index contributed by atoms with van der Waals surface area (Å²) in [7, 11) is 1.75. The number of pyridine rings is 1. The summed E-state index contributed by atoms with van der Waals surface area (Å²) in [5.41, 5.74) is 0.512. The fourth-order valence-corrected chi connectivity index (χ4v) is 2.90. The first kappa shape index (κ1) is 13.3. The number of aromatic nitrogens is 1. The first-order valence-corrected chi connectivity index (χ1v) is 6.85. The molecule has 18 heavy (non-hydrogen) atoms. The molecule has 0 saturated heterocycles. The Morgan fingerprint density at radius 3 is 2.89 bits per heavy atom. The molecule has 0 fully saturated rings. The van der Waals surface area contributed by atoms with E-state index < -0.39 is 0 Å². The van der Waals surface area contributed by atoms with E-state index in [1.54, 1.807) is 30.3 Å². The van der Waals surface area contributed by atoms with E-state index in [4.69, 9.17) is 23.8 Å². The molecule has 0 aromatic carbocycles. The first-order chi connectivity index (χ1) is 8.58. The lowest BCUT2D eigenvalue weighted by Crippen LogP contribution is -2.26. The van der Waals surface area contributed by atoms with Gasteiger partial charge in [-0.05, 0) is 24.3 Å². The summed E-state index contributed by atoms with van der Waals surface area (Å²) in [4.78, 5) is 17.7. The van der Waals surface area contributed by atoms with Gasteiger partial charge in [0.15, 0.2) is 0 Å². The van der Waals surface area contributed by atoms with Gasteiger partial charge in [-0.25, -0.2) is 0 Å². The normalized spacial score (nSPS) is 10.3. The van der Waals surface area contributed by atoms with Crippen molar-refractivity contribution in [3.63, 3.8) is 0 Å². The molecular formula is C12H11ClN2OS2. The van der Waals surface area contributed by atoms with E-state index in [-0.39, 0.29) is 5.91 Å². The van der Waals surface area contributed by atoms with Crippen LogP contribution in [0.5, 0.6) is 0 Å². The Balaban J connectivity index is 2.15. The fourth-order valence-electron chi connectivity index (χ4n) is 1.54. The fraction of sp³-hybridized carbons (Fsp3) is 0.167. The number of nitrogens with zero attached hydrogens (tertiary/aromatic N) is 1. The van der Waals surface area contributed by atoms with Crippen LogP contribution in [0.1, 0.15) is 15.2 Å². The van der Waals surface area contributed by atoms with Gasteiger partial charge in [0.25, 0.3) is 5.91 Å². The molecule has 2 rings (SSSR count). The van der Waals surface area contributed by atoms with Crippen molar-refractivity contribution in [2.45, 2.75) is 6.54 Å². The minimum absolute atomic E-state index is 0.0960. The van der Waals surface area contributed by atoms with Crippen molar-refractivity contribution in [2.24, 2.45) is 0 Å². The number of carbonyl (C=O) groups excluding carboxylic acids is 1. The van der Waals surface area contributed by atoms with Gasteiger partial charge in [0.1, 0.15) is 4.64 Å². The van der Waals surface area contributed by atoms with Gasteiger partial charge in [0.2, 0.25) is 0 Å². The van der Waals surface area contributed by atoms with Crippen LogP contribution in [0, 0.1) is 4.64 Å². The van der Waals surface area contributed by atoms with Gasteiger partial charge in [0.05, 0.1) is 16.4 Å². The highest BCUT2D eigenvalue weighted by Gasteiger charge is 2.14. The number of H-pyrrole nitrogens is 1. The Hall–Kier alpha value is -1.17. The molecule has 0 spiro atoms. The Morgan fingerprint density at radius 2 is 2.28 bits per heavy atom. The number of halogens is 1. The third-order valence-electron chi connectivity index (χ3n) is 2.42. The molecule has 0 saturated carbocycles. The van der Waals surface area contributed by atoms with Crippen molar-refractivity contribution >= 4 is 41.1 Å². The lowest BCUT2D eigenvalue weighted by Gasteiger charge is -2.16. The summed E-state index contributed by atoms with van der Waals surface area (Å²) >= 11 is 12.4. The molecular weight excluding hydrogens is 288 g/mol. The summed E-state index contributed by atoms with van der Waals surface area (Å²) in [6.45, 7) is 0.528. The Bertz CT molecular complexity index is 620. The minimum atomic E-state index is -0.0960. The van der Waals surface area contributed by atoms with Crippen molar-refractivity contribution in [3.8, 4) is 0 Å². The predicted octanol–water partition coefficient (Wildman–Crippen LogP) is 3.73. The molecule has 1 N–H and O–H groups in total. The third kappa shape index (κ3) is 2.98. The molecule has 0 unspecified atom stereocenters. The van der Waals surface area contributed by atoms with Crippen LogP contribution in [0.25, 0.3) is 0 Å². The largest absolute Gasteiger partial charge is 0.352 e. The summed E-state index contributed by atoms with van der Waals surface area (Å²) in [5.74, 6) is -0.0960. The first-order valence-electron chi connectivity index (χ1n) is 5.25. The van der Waals surface area contributed by atoms with E-state index in [2.05, 4.69) is 4.98 Å². The SMILES string of the molecule is CN(Cc1ccc(Cl)s1)C(=O)c1ccc[nH]c1=S. The van der Waals surface area contributed by atoms with Crippen molar-refractivity contribution in [1.29, 1.82) is 0 Å². The maximum Gasteiger partial charge on any atom is 0.256 e. The van der Waals surface area contributed by atoms with Gasteiger partial charge in [-0.3, -0.25) is 4.79 Å². The van der Waals surface area contributed by atoms with E-state index in [0.29, 0.717) is 16.7 Å². The van der Waals surface area contributed by atoms with Crippen molar-refractivity contribution in [2.75, 3.05) is 7.05 Å². The van der Waals surface area contributed by atoms with E-state index in [9.17, 15) is 4.79 Å². The lowest BCUT2D eigenvalue weighted by atomic mass is 10.2. The zero-order chi connectivity index (χ0) is 13.1. The average molecular weight is 299 g/mol. The molecule has 0 radical (unpaired) electrons. The van der Waals surface area contributed by atoms with Crippen molar-refractivity contribution in [3.05, 3.63) is 49.9 Å². The van der Waals surface area contributed by atoms with Crippen LogP contribution >= 0.6 is 35.2 Å². The zero-order valence-corrected chi connectivity index (χ0v) is 12.0. The molecule has 1 amide bonds. The minimum Gasteiger partial charge on any atom is -0.352 e. The second-order valence-corrected chi connectivity index (χ2v) is 5.99. The predicted molar refractivity (Wildman–Crippen MR) is 76.8 cm³/mol. The second kappa shape index (κ2) is 5.65. The Labute approximate surface area is 119 Å². The molecule has 2 aromatic heterocycles. The summed E-state index contributed by atoms with van der Waals surface area (Å²) in [6.07, 6.45) is 1.71. The number of aromatic amines is 1. The molecule has 94 valence electrons. The monoisotopic (exact) mass is 298 g/mol. The van der Waals surface area contributed by atoms with Gasteiger partial charge in [-0.1, -0.05) is 23.8 Å². The van der Waals surface area contributed by atoms with Crippen LogP contribution in [0.2, 0.25) is 4.34 Å². The molecule has 0 atom stereocenters. The van der Waals surface area contributed by atoms with Crippen LogP contribution in [-0.2, 0) is 6.54 Å². The molecule has 0 bridgehead atoms. The molecule has 6 heteroatoms. The quantitative estimate of drug-likeness (QED) is 0.877. The van der Waals surface area contributed by atoms with Crippen LogP contribution in [0.4, 0.5) is 0 Å². The van der Waals surface area contributed by atoms with Gasteiger partial charge < -0.3 is 9.88 Å². The summed E-state index contributed by atoms with van der Waals surface area (Å²) in [6, 6.07) is 7.23. The molecule has 0 aliphatic heterocycles. The molecule has 0 aliphatic rings. The number of hydrogen-bond donors (Lipinski definition) is 1. The second-order valence-electron chi connectivity index (χ2n) is 3.78. The maximum atomic E-state index is 12.2. The van der Waals surface area contributed by atoms with E-state index >= 15 is 0 Å².